The molecule has 0 bridgehead atoms. The van der Waals surface area contributed by atoms with Crippen molar-refractivity contribution in [2.75, 3.05) is 19.3 Å². The molecule has 1 aliphatic heterocycles. The van der Waals surface area contributed by atoms with E-state index in [0.717, 1.165) is 29.1 Å². The molecule has 0 aliphatic carbocycles. The fourth-order valence-corrected chi connectivity index (χ4v) is 4.15. The van der Waals surface area contributed by atoms with Crippen LogP contribution in [0.4, 0.5) is 0 Å². The summed E-state index contributed by atoms with van der Waals surface area (Å²) >= 11 is 1.53. The van der Waals surface area contributed by atoms with E-state index >= 15 is 0 Å². The Hall–Kier alpha value is -1.38. The summed E-state index contributed by atoms with van der Waals surface area (Å²) in [6.07, 6.45) is 8.02. The zero-order valence-corrected chi connectivity index (χ0v) is 13.3. The van der Waals surface area contributed by atoms with E-state index in [1.54, 1.807) is 28.4 Å². The molecule has 3 heterocycles. The minimum absolute atomic E-state index is 0.295. The van der Waals surface area contributed by atoms with Crippen LogP contribution in [0.5, 0.6) is 0 Å². The van der Waals surface area contributed by atoms with Crippen LogP contribution in [0.1, 0.15) is 12.1 Å². The molecule has 1 atom stereocenters. The molecule has 2 aromatic heterocycles. The second-order valence-electron chi connectivity index (χ2n) is 5.20. The van der Waals surface area contributed by atoms with Gasteiger partial charge in [0.25, 0.3) is 0 Å². The van der Waals surface area contributed by atoms with Crippen LogP contribution in [0.2, 0.25) is 0 Å². The molecule has 1 fully saturated rings. The molecular formula is C13H16N4O2S2. The Morgan fingerprint density at radius 3 is 2.86 bits per heavy atom. The number of aromatic nitrogens is 3. The summed E-state index contributed by atoms with van der Waals surface area (Å²) in [5, 5.41) is 0. The third-order valence-electron chi connectivity index (χ3n) is 3.64. The van der Waals surface area contributed by atoms with E-state index in [9.17, 15) is 8.42 Å². The molecule has 0 saturated carbocycles. The summed E-state index contributed by atoms with van der Waals surface area (Å²) in [5.74, 6) is 0.295. The summed E-state index contributed by atoms with van der Waals surface area (Å²) in [7, 11) is -3.09. The van der Waals surface area contributed by atoms with E-state index in [-0.39, 0.29) is 0 Å². The van der Waals surface area contributed by atoms with Crippen LogP contribution in [0.25, 0.3) is 10.6 Å². The summed E-state index contributed by atoms with van der Waals surface area (Å²) in [5.41, 5.74) is 3.55. The first-order valence-electron chi connectivity index (χ1n) is 6.68. The molecule has 3 rings (SSSR count). The maximum Gasteiger partial charge on any atom is 0.211 e. The number of nitrogens with zero attached hydrogens (tertiary/aromatic N) is 4. The first kappa shape index (κ1) is 14.6. The van der Waals surface area contributed by atoms with Gasteiger partial charge in [-0.05, 0) is 18.8 Å². The van der Waals surface area contributed by atoms with Gasteiger partial charge in [0.1, 0.15) is 5.69 Å². The van der Waals surface area contributed by atoms with E-state index in [1.807, 2.05) is 0 Å². The summed E-state index contributed by atoms with van der Waals surface area (Å²) in [4.78, 5) is 13.9. The van der Waals surface area contributed by atoms with E-state index in [0.29, 0.717) is 19.0 Å². The third kappa shape index (κ3) is 3.28. The lowest BCUT2D eigenvalue weighted by molar-refractivity contribution is 0.459. The van der Waals surface area contributed by atoms with Gasteiger partial charge in [0, 0.05) is 31.7 Å². The minimum Gasteiger partial charge on any atom is -0.257 e. The lowest BCUT2D eigenvalue weighted by Gasteiger charge is -2.13. The zero-order chi connectivity index (χ0) is 14.9. The van der Waals surface area contributed by atoms with Gasteiger partial charge in [-0.3, -0.25) is 15.0 Å². The first-order chi connectivity index (χ1) is 10.0. The van der Waals surface area contributed by atoms with Crippen molar-refractivity contribution in [3.63, 3.8) is 0 Å². The van der Waals surface area contributed by atoms with Crippen LogP contribution in [-0.2, 0) is 16.4 Å². The largest absolute Gasteiger partial charge is 0.257 e. The van der Waals surface area contributed by atoms with Crippen LogP contribution in [0.3, 0.4) is 0 Å². The predicted octanol–water partition coefficient (Wildman–Crippen LogP) is 1.42. The highest BCUT2D eigenvalue weighted by atomic mass is 32.2. The van der Waals surface area contributed by atoms with E-state index < -0.39 is 10.0 Å². The normalized spacial score (nSPS) is 20.0. The van der Waals surface area contributed by atoms with Crippen LogP contribution in [-0.4, -0.2) is 47.0 Å². The Balaban J connectivity index is 1.78. The molecular weight excluding hydrogens is 308 g/mol. The summed E-state index contributed by atoms with van der Waals surface area (Å²) in [6.45, 7) is 1.16. The van der Waals surface area contributed by atoms with Crippen molar-refractivity contribution >= 4 is 21.4 Å². The molecule has 1 saturated heterocycles. The molecule has 0 spiro atoms. The lowest BCUT2D eigenvalue weighted by Crippen LogP contribution is -2.27. The molecule has 0 unspecified atom stereocenters. The Labute approximate surface area is 127 Å². The van der Waals surface area contributed by atoms with Crippen LogP contribution in [0.15, 0.2) is 24.1 Å². The minimum atomic E-state index is -3.09. The Kier molecular flexibility index (Phi) is 4.01. The highest BCUT2D eigenvalue weighted by molar-refractivity contribution is 7.88. The number of rotatable bonds is 4. The monoisotopic (exact) mass is 324 g/mol. The number of sulfonamides is 1. The average Bonchev–Trinajstić information content (AvgIpc) is 3.09. The summed E-state index contributed by atoms with van der Waals surface area (Å²) < 4.78 is 24.7. The quantitative estimate of drug-likeness (QED) is 0.850. The van der Waals surface area contributed by atoms with Crippen LogP contribution in [0, 0.1) is 5.92 Å². The highest BCUT2D eigenvalue weighted by Gasteiger charge is 2.29. The maximum absolute atomic E-state index is 11.6. The van der Waals surface area contributed by atoms with Crippen molar-refractivity contribution in [3.8, 4) is 10.6 Å². The highest BCUT2D eigenvalue weighted by Crippen LogP contribution is 2.28. The van der Waals surface area contributed by atoms with Gasteiger partial charge in [-0.1, -0.05) is 0 Å². The molecule has 0 amide bonds. The van der Waals surface area contributed by atoms with Gasteiger partial charge in [-0.15, -0.1) is 11.3 Å². The van der Waals surface area contributed by atoms with E-state index in [4.69, 9.17) is 0 Å². The van der Waals surface area contributed by atoms with Crippen molar-refractivity contribution in [3.05, 3.63) is 29.8 Å². The number of hydrogen-bond donors (Lipinski definition) is 0. The molecule has 2 aromatic rings. The Bertz CT molecular complexity index is 716. The summed E-state index contributed by atoms with van der Waals surface area (Å²) in [6, 6.07) is 0. The van der Waals surface area contributed by atoms with Gasteiger partial charge in [-0.25, -0.2) is 12.7 Å². The first-order valence-corrected chi connectivity index (χ1v) is 9.40. The maximum atomic E-state index is 11.6. The second-order valence-corrected chi connectivity index (χ2v) is 8.07. The second kappa shape index (κ2) is 5.78. The van der Waals surface area contributed by atoms with Crippen molar-refractivity contribution in [2.45, 2.75) is 12.8 Å². The molecule has 0 aromatic carbocycles. The van der Waals surface area contributed by atoms with Gasteiger partial charge < -0.3 is 0 Å². The van der Waals surface area contributed by atoms with Gasteiger partial charge in [0.2, 0.25) is 10.0 Å². The number of hydrogen-bond acceptors (Lipinski definition) is 6. The fourth-order valence-electron chi connectivity index (χ4n) is 2.59. The number of thiazole rings is 1. The standard InChI is InChI=1S/C13H16N4O2S2/c1-21(18,19)17-5-2-10(8-17)6-11-13(16-4-3-15-11)12-7-14-9-20-12/h3-4,7,9-10H,2,5-6,8H2,1H3/t10-/m0/s1. The predicted molar refractivity (Wildman–Crippen MR) is 81.4 cm³/mol. The molecule has 1 aliphatic rings. The third-order valence-corrected chi connectivity index (χ3v) is 5.69. The Morgan fingerprint density at radius 2 is 2.19 bits per heavy atom. The SMILES string of the molecule is CS(=O)(=O)N1CC[C@@H](Cc2nccnc2-c2cncs2)C1. The van der Waals surface area contributed by atoms with Crippen molar-refractivity contribution in [2.24, 2.45) is 5.92 Å². The van der Waals surface area contributed by atoms with Crippen LogP contribution < -0.4 is 0 Å². The van der Waals surface area contributed by atoms with E-state index in [2.05, 4.69) is 15.0 Å². The van der Waals surface area contributed by atoms with Gasteiger partial charge in [-0.2, -0.15) is 0 Å². The molecule has 21 heavy (non-hydrogen) atoms. The Morgan fingerprint density at radius 1 is 1.38 bits per heavy atom. The molecule has 8 heteroatoms. The molecule has 112 valence electrons. The zero-order valence-electron chi connectivity index (χ0n) is 11.6. The molecule has 0 N–H and O–H groups in total. The lowest BCUT2D eigenvalue weighted by atomic mass is 10.0. The van der Waals surface area contributed by atoms with E-state index in [1.165, 1.54) is 17.6 Å². The fraction of sp³-hybridized carbons (Fsp3) is 0.462. The van der Waals surface area contributed by atoms with Crippen molar-refractivity contribution < 1.29 is 8.42 Å². The molecule has 0 radical (unpaired) electrons. The topological polar surface area (TPSA) is 76.1 Å². The van der Waals surface area contributed by atoms with Crippen molar-refractivity contribution in [1.29, 1.82) is 0 Å². The van der Waals surface area contributed by atoms with Gasteiger partial charge >= 0.3 is 0 Å². The van der Waals surface area contributed by atoms with Crippen molar-refractivity contribution in [1.82, 2.24) is 19.3 Å². The molecule has 6 nitrogen and oxygen atoms in total. The van der Waals surface area contributed by atoms with Gasteiger partial charge in [0.05, 0.1) is 22.3 Å². The van der Waals surface area contributed by atoms with Crippen LogP contribution >= 0.6 is 11.3 Å². The average molecular weight is 324 g/mol. The smallest absolute Gasteiger partial charge is 0.211 e. The van der Waals surface area contributed by atoms with Gasteiger partial charge in [0.15, 0.2) is 0 Å².